The van der Waals surface area contributed by atoms with Gasteiger partial charge >= 0.3 is 0 Å². The molecule has 2 heterocycles. The van der Waals surface area contributed by atoms with E-state index in [2.05, 4.69) is 5.32 Å². The highest BCUT2D eigenvalue weighted by atomic mass is 35.5. The first kappa shape index (κ1) is 16.5. The summed E-state index contributed by atoms with van der Waals surface area (Å²) in [6, 6.07) is 12.0. The molecule has 26 heavy (non-hydrogen) atoms. The number of amides is 2. The van der Waals surface area contributed by atoms with Crippen molar-refractivity contribution in [2.75, 3.05) is 6.61 Å². The Morgan fingerprint density at radius 2 is 2.04 bits per heavy atom. The van der Waals surface area contributed by atoms with Crippen molar-refractivity contribution in [3.8, 4) is 5.75 Å². The van der Waals surface area contributed by atoms with Gasteiger partial charge in [-0.15, -0.1) is 0 Å². The number of carbonyl (C=O) groups excluding carboxylic acids is 2. The summed E-state index contributed by atoms with van der Waals surface area (Å²) in [7, 11) is 1.83. The highest BCUT2D eigenvalue weighted by Crippen LogP contribution is 2.33. The smallest absolute Gasteiger partial charge is 0.268 e. The lowest BCUT2D eigenvalue weighted by molar-refractivity contribution is 0.0922. The predicted octanol–water partition coefficient (Wildman–Crippen LogP) is 2.79. The van der Waals surface area contributed by atoms with Crippen molar-refractivity contribution in [3.63, 3.8) is 0 Å². The van der Waals surface area contributed by atoms with E-state index in [1.54, 1.807) is 24.3 Å². The molecule has 1 unspecified atom stereocenters. The maximum Gasteiger partial charge on any atom is 0.268 e. The van der Waals surface area contributed by atoms with Gasteiger partial charge in [0.2, 0.25) is 5.91 Å². The largest absolute Gasteiger partial charge is 0.491 e. The van der Waals surface area contributed by atoms with Crippen LogP contribution in [0.5, 0.6) is 5.75 Å². The minimum atomic E-state index is -0.516. The van der Waals surface area contributed by atoms with Crippen LogP contribution < -0.4 is 15.8 Å². The average Bonchev–Trinajstić information content (AvgIpc) is 3.16. The summed E-state index contributed by atoms with van der Waals surface area (Å²) in [4.78, 5) is 24.0. The van der Waals surface area contributed by atoms with Crippen LogP contribution in [0.2, 0.25) is 5.02 Å². The van der Waals surface area contributed by atoms with Crippen LogP contribution in [-0.4, -0.2) is 23.0 Å². The molecule has 1 aromatic heterocycles. The highest BCUT2D eigenvalue weighted by molar-refractivity contribution is 6.31. The molecule has 0 fully saturated rings. The van der Waals surface area contributed by atoms with Crippen molar-refractivity contribution in [1.82, 2.24) is 9.88 Å². The Balaban J connectivity index is 1.61. The van der Waals surface area contributed by atoms with Crippen molar-refractivity contribution in [1.29, 1.82) is 0 Å². The first-order chi connectivity index (χ1) is 12.4. The van der Waals surface area contributed by atoms with Gasteiger partial charge in [-0.2, -0.15) is 0 Å². The molecule has 2 aromatic carbocycles. The van der Waals surface area contributed by atoms with E-state index in [4.69, 9.17) is 22.1 Å². The molecule has 2 amide bonds. The quantitative estimate of drug-likeness (QED) is 0.744. The fourth-order valence-electron chi connectivity index (χ4n) is 3.24. The van der Waals surface area contributed by atoms with Crippen LogP contribution in [0.25, 0.3) is 10.9 Å². The molecule has 7 heteroatoms. The van der Waals surface area contributed by atoms with Gasteiger partial charge < -0.3 is 20.4 Å². The fourth-order valence-corrected chi connectivity index (χ4v) is 3.40. The lowest BCUT2D eigenvalue weighted by Gasteiger charge is -2.12. The fraction of sp³-hybridized carbons (Fsp3) is 0.158. The standard InChI is InChI=1S/C19H16ClN3O3/c1-23-15-8-12(20)4-2-10(15)6-16(23)19(25)22-14-9-26-17-7-11(18(21)24)3-5-13(14)17/h2-8,14H,9H2,1H3,(H2,21,24)(H,22,25). The number of ether oxygens (including phenoxy) is 1. The van der Waals surface area contributed by atoms with Crippen molar-refractivity contribution in [3.05, 3.63) is 64.3 Å². The lowest BCUT2D eigenvalue weighted by atomic mass is 10.1. The zero-order valence-corrected chi connectivity index (χ0v) is 14.7. The van der Waals surface area contributed by atoms with E-state index in [1.165, 1.54) is 0 Å². The molecule has 0 bridgehead atoms. The van der Waals surface area contributed by atoms with Gasteiger partial charge in [0.05, 0.1) is 6.04 Å². The number of nitrogens with two attached hydrogens (primary N) is 1. The summed E-state index contributed by atoms with van der Waals surface area (Å²) < 4.78 is 7.41. The van der Waals surface area contributed by atoms with E-state index in [0.717, 1.165) is 16.5 Å². The van der Waals surface area contributed by atoms with Crippen LogP contribution in [-0.2, 0) is 7.05 Å². The van der Waals surface area contributed by atoms with Crippen LogP contribution in [0.15, 0.2) is 42.5 Å². The van der Waals surface area contributed by atoms with E-state index in [-0.39, 0.29) is 11.9 Å². The topological polar surface area (TPSA) is 86.3 Å². The van der Waals surface area contributed by atoms with E-state index < -0.39 is 5.91 Å². The second-order valence-electron chi connectivity index (χ2n) is 6.25. The predicted molar refractivity (Wildman–Crippen MR) is 98.6 cm³/mol. The summed E-state index contributed by atoms with van der Waals surface area (Å²) >= 11 is 6.04. The molecule has 3 aromatic rings. The van der Waals surface area contributed by atoms with Gasteiger partial charge in [-0.25, -0.2) is 0 Å². The normalized spacial score (nSPS) is 15.5. The van der Waals surface area contributed by atoms with Gasteiger partial charge in [-0.3, -0.25) is 9.59 Å². The molecule has 1 aliphatic rings. The van der Waals surface area contributed by atoms with Gasteiger partial charge in [0.25, 0.3) is 5.91 Å². The third-order valence-electron chi connectivity index (χ3n) is 4.62. The monoisotopic (exact) mass is 369 g/mol. The number of benzene rings is 2. The van der Waals surface area contributed by atoms with Gasteiger partial charge in [-0.1, -0.05) is 23.7 Å². The second-order valence-corrected chi connectivity index (χ2v) is 6.68. The molecule has 1 aliphatic heterocycles. The van der Waals surface area contributed by atoms with E-state index in [9.17, 15) is 9.59 Å². The molecule has 132 valence electrons. The minimum absolute atomic E-state index is 0.208. The van der Waals surface area contributed by atoms with Gasteiger partial charge in [-0.05, 0) is 30.3 Å². The Morgan fingerprint density at radius 3 is 2.81 bits per heavy atom. The summed E-state index contributed by atoms with van der Waals surface area (Å²) in [5.41, 5.74) is 7.91. The Kier molecular flexibility index (Phi) is 3.85. The molecule has 0 saturated carbocycles. The van der Waals surface area contributed by atoms with Gasteiger partial charge in [0.1, 0.15) is 18.1 Å². The van der Waals surface area contributed by atoms with Crippen LogP contribution in [0, 0.1) is 0 Å². The number of aryl methyl sites for hydroxylation is 1. The number of hydrogen-bond acceptors (Lipinski definition) is 3. The maximum atomic E-state index is 12.8. The number of fused-ring (bicyclic) bond motifs is 2. The summed E-state index contributed by atoms with van der Waals surface area (Å²) in [6.07, 6.45) is 0. The average molecular weight is 370 g/mol. The Labute approximate surface area is 154 Å². The van der Waals surface area contributed by atoms with Crippen molar-refractivity contribution in [2.45, 2.75) is 6.04 Å². The van der Waals surface area contributed by atoms with E-state index in [0.29, 0.717) is 28.6 Å². The van der Waals surface area contributed by atoms with Gasteiger partial charge in [0.15, 0.2) is 0 Å². The highest BCUT2D eigenvalue weighted by Gasteiger charge is 2.27. The van der Waals surface area contributed by atoms with E-state index in [1.807, 2.05) is 29.8 Å². The van der Waals surface area contributed by atoms with Crippen LogP contribution >= 0.6 is 11.6 Å². The first-order valence-corrected chi connectivity index (χ1v) is 8.44. The maximum absolute atomic E-state index is 12.8. The van der Waals surface area contributed by atoms with Crippen molar-refractivity contribution >= 4 is 34.3 Å². The zero-order valence-electron chi connectivity index (χ0n) is 14.0. The number of carbonyl (C=O) groups is 2. The minimum Gasteiger partial charge on any atom is -0.491 e. The molecule has 0 saturated heterocycles. The van der Waals surface area contributed by atoms with Gasteiger partial charge in [0, 0.05) is 34.1 Å². The number of hydrogen-bond donors (Lipinski definition) is 2. The third-order valence-corrected chi connectivity index (χ3v) is 4.86. The van der Waals surface area contributed by atoms with E-state index >= 15 is 0 Å². The third kappa shape index (κ3) is 2.68. The van der Waals surface area contributed by atoms with Crippen LogP contribution in [0.3, 0.4) is 0 Å². The summed E-state index contributed by atoms with van der Waals surface area (Å²) in [5, 5.41) is 4.54. The summed E-state index contributed by atoms with van der Waals surface area (Å²) in [5.74, 6) is -0.159. The Hall–Kier alpha value is -2.99. The number of nitrogens with one attached hydrogen (secondary N) is 1. The summed E-state index contributed by atoms with van der Waals surface area (Å²) in [6.45, 7) is 0.305. The Bertz CT molecular complexity index is 1060. The SMILES string of the molecule is Cn1c(C(=O)NC2COc3cc(C(N)=O)ccc32)cc2ccc(Cl)cc21. The second kappa shape index (κ2) is 6.07. The lowest BCUT2D eigenvalue weighted by Crippen LogP contribution is -2.30. The number of halogens is 1. The molecule has 0 aliphatic carbocycles. The molecular formula is C19H16ClN3O3. The first-order valence-electron chi connectivity index (χ1n) is 8.06. The number of rotatable bonds is 3. The molecular weight excluding hydrogens is 354 g/mol. The van der Waals surface area contributed by atoms with Crippen molar-refractivity contribution < 1.29 is 14.3 Å². The molecule has 1 atom stereocenters. The number of nitrogens with zero attached hydrogens (tertiary/aromatic N) is 1. The van der Waals surface area contributed by atoms with Crippen LogP contribution in [0.4, 0.5) is 0 Å². The molecule has 0 spiro atoms. The molecule has 3 N–H and O–H groups in total. The molecule has 6 nitrogen and oxygen atoms in total. The van der Waals surface area contributed by atoms with Crippen molar-refractivity contribution in [2.24, 2.45) is 12.8 Å². The molecule has 4 rings (SSSR count). The Morgan fingerprint density at radius 1 is 1.23 bits per heavy atom. The molecule has 0 radical (unpaired) electrons. The zero-order chi connectivity index (χ0) is 18.4. The number of primary amides is 1. The van der Waals surface area contributed by atoms with Crippen LogP contribution in [0.1, 0.15) is 32.5 Å². The number of aromatic nitrogens is 1.